The van der Waals surface area contributed by atoms with Gasteiger partial charge in [-0.2, -0.15) is 0 Å². The molecule has 3 rings (SSSR count). The minimum Gasteiger partial charge on any atom is -0.374 e. The van der Waals surface area contributed by atoms with E-state index in [4.69, 9.17) is 5.73 Å². The number of carbonyl (C=O) groups excluding carboxylic acids is 1. The second-order valence-corrected chi connectivity index (χ2v) is 8.68. The van der Waals surface area contributed by atoms with E-state index in [1.807, 2.05) is 23.6 Å². The molecule has 0 bridgehead atoms. The molecule has 25 heavy (non-hydrogen) atoms. The molecule has 1 fully saturated rings. The van der Waals surface area contributed by atoms with Gasteiger partial charge in [-0.25, -0.2) is 4.79 Å². The summed E-state index contributed by atoms with van der Waals surface area (Å²) in [7, 11) is 0. The lowest BCUT2D eigenvalue weighted by atomic mass is 10.1. The van der Waals surface area contributed by atoms with Crippen LogP contribution < -0.4 is 11.1 Å². The van der Waals surface area contributed by atoms with Crippen LogP contribution in [0, 0.1) is 6.92 Å². The number of hydrogen-bond donors (Lipinski definition) is 2. The summed E-state index contributed by atoms with van der Waals surface area (Å²) in [6.45, 7) is 5.57. The van der Waals surface area contributed by atoms with Crippen molar-refractivity contribution < 1.29 is 4.79 Å². The number of likely N-dealkylation sites (tertiary alicyclic amines) is 1. The Labute approximate surface area is 156 Å². The van der Waals surface area contributed by atoms with Gasteiger partial charge in [0.2, 0.25) is 5.13 Å². The fourth-order valence-corrected chi connectivity index (χ4v) is 4.67. The zero-order chi connectivity index (χ0) is 17.8. The van der Waals surface area contributed by atoms with Gasteiger partial charge in [0.25, 0.3) is 0 Å². The lowest BCUT2D eigenvalue weighted by Crippen LogP contribution is -2.45. The van der Waals surface area contributed by atoms with Crippen LogP contribution in [0.2, 0.25) is 0 Å². The summed E-state index contributed by atoms with van der Waals surface area (Å²) in [6, 6.07) is 8.37. The van der Waals surface area contributed by atoms with Crippen molar-refractivity contribution in [2.24, 2.45) is 0 Å². The van der Waals surface area contributed by atoms with Crippen molar-refractivity contribution >= 4 is 34.3 Å². The average Bonchev–Trinajstić information content (AvgIpc) is 3.02. The maximum atomic E-state index is 12.4. The van der Waals surface area contributed by atoms with Crippen molar-refractivity contribution in [3.05, 3.63) is 34.8 Å². The van der Waals surface area contributed by atoms with Gasteiger partial charge in [-0.1, -0.05) is 29.0 Å². The van der Waals surface area contributed by atoms with E-state index in [1.165, 1.54) is 21.8 Å². The lowest BCUT2D eigenvalue weighted by molar-refractivity contribution is 0.184. The Balaban J connectivity index is 1.47. The molecule has 6 nitrogen and oxygen atoms in total. The normalized spacial score (nSPS) is 16.6. The first-order valence-electron chi connectivity index (χ1n) is 8.39. The van der Waals surface area contributed by atoms with E-state index >= 15 is 0 Å². The van der Waals surface area contributed by atoms with Crippen LogP contribution in [-0.2, 0) is 0 Å². The van der Waals surface area contributed by atoms with E-state index in [-0.39, 0.29) is 12.1 Å². The third-order valence-corrected chi connectivity index (χ3v) is 6.45. The summed E-state index contributed by atoms with van der Waals surface area (Å²) in [4.78, 5) is 15.6. The van der Waals surface area contributed by atoms with E-state index in [1.54, 1.807) is 0 Å². The van der Waals surface area contributed by atoms with Crippen LogP contribution in [0.3, 0.4) is 0 Å². The highest BCUT2D eigenvalue weighted by Crippen LogP contribution is 2.31. The number of rotatable bonds is 4. The molecule has 2 aromatic rings. The van der Waals surface area contributed by atoms with Gasteiger partial charge >= 0.3 is 6.03 Å². The van der Waals surface area contributed by atoms with Crippen LogP contribution in [0.15, 0.2) is 29.2 Å². The second-order valence-electron chi connectivity index (χ2n) is 6.27. The maximum absolute atomic E-state index is 12.4. The van der Waals surface area contributed by atoms with Crippen LogP contribution in [0.25, 0.3) is 0 Å². The number of nitrogens with two attached hydrogens (primary N) is 1. The summed E-state index contributed by atoms with van der Waals surface area (Å²) < 4.78 is 0. The van der Waals surface area contributed by atoms with Gasteiger partial charge in [-0.3, -0.25) is 0 Å². The predicted octanol–water partition coefficient (Wildman–Crippen LogP) is 3.46. The number of thioether (sulfide) groups is 1. The number of aryl methyl sites for hydroxylation is 1. The van der Waals surface area contributed by atoms with Gasteiger partial charge in [0.1, 0.15) is 5.01 Å². The fraction of sp³-hybridized carbons (Fsp3) is 0.471. The van der Waals surface area contributed by atoms with Crippen molar-refractivity contribution in [1.29, 1.82) is 0 Å². The average molecular weight is 378 g/mol. The van der Waals surface area contributed by atoms with Crippen molar-refractivity contribution in [2.75, 3.05) is 18.8 Å². The molecule has 0 spiro atoms. The van der Waals surface area contributed by atoms with Crippen LogP contribution in [0.4, 0.5) is 9.93 Å². The molecule has 2 heterocycles. The third-order valence-electron chi connectivity index (χ3n) is 4.19. The van der Waals surface area contributed by atoms with Crippen molar-refractivity contribution in [3.8, 4) is 0 Å². The summed E-state index contributed by atoms with van der Waals surface area (Å²) >= 11 is 3.22. The number of carbonyl (C=O) groups is 1. The molecule has 1 saturated heterocycles. The lowest BCUT2D eigenvalue weighted by Gasteiger charge is -2.32. The minimum absolute atomic E-state index is 0.0414. The second kappa shape index (κ2) is 8.05. The molecular weight excluding hydrogens is 354 g/mol. The molecule has 1 aromatic heterocycles. The fourth-order valence-electron chi connectivity index (χ4n) is 2.82. The summed E-state index contributed by atoms with van der Waals surface area (Å²) in [5.74, 6) is 0. The van der Waals surface area contributed by atoms with Gasteiger partial charge in [0.15, 0.2) is 0 Å². The van der Waals surface area contributed by atoms with E-state index in [2.05, 4.69) is 46.7 Å². The summed E-state index contributed by atoms with van der Waals surface area (Å²) in [5.41, 5.74) is 6.88. The summed E-state index contributed by atoms with van der Waals surface area (Å²) in [6.07, 6.45) is 2.01. The molecule has 0 aliphatic carbocycles. The van der Waals surface area contributed by atoms with E-state index < -0.39 is 0 Å². The zero-order valence-electron chi connectivity index (χ0n) is 14.4. The topological polar surface area (TPSA) is 84.1 Å². The third kappa shape index (κ3) is 4.85. The van der Waals surface area contributed by atoms with E-state index in [9.17, 15) is 4.79 Å². The number of nitrogens with zero attached hydrogens (tertiary/aromatic N) is 3. The predicted molar refractivity (Wildman–Crippen MR) is 103 cm³/mol. The monoisotopic (exact) mass is 377 g/mol. The smallest absolute Gasteiger partial charge is 0.317 e. The first kappa shape index (κ1) is 18.0. The molecule has 0 unspecified atom stereocenters. The molecule has 1 aromatic carbocycles. The quantitative estimate of drug-likeness (QED) is 0.852. The number of benzene rings is 1. The molecule has 2 amide bonds. The molecule has 1 aliphatic rings. The van der Waals surface area contributed by atoms with Crippen molar-refractivity contribution in [3.63, 3.8) is 0 Å². The molecule has 1 aliphatic heterocycles. The largest absolute Gasteiger partial charge is 0.374 e. The zero-order valence-corrected chi connectivity index (χ0v) is 16.1. The van der Waals surface area contributed by atoms with Gasteiger partial charge < -0.3 is 16.0 Å². The number of anilines is 1. The standard InChI is InChI=1S/C17H23N5OS2/c1-11-4-3-5-14(10-11)24-13-6-8-22(9-7-13)17(23)19-12(2)15-20-21-16(18)25-15/h3-5,10,12-13H,6-9H2,1-2H3,(H2,18,21)(H,19,23)/t12-/m1/s1. The maximum Gasteiger partial charge on any atom is 0.317 e. The molecule has 3 N–H and O–H groups in total. The highest BCUT2D eigenvalue weighted by molar-refractivity contribution is 8.00. The Morgan fingerprint density at radius 2 is 2.16 bits per heavy atom. The van der Waals surface area contributed by atoms with Crippen LogP contribution >= 0.6 is 23.1 Å². The Kier molecular flexibility index (Phi) is 5.80. The first-order valence-corrected chi connectivity index (χ1v) is 10.1. The SMILES string of the molecule is Cc1cccc(SC2CCN(C(=O)N[C@H](C)c3nnc(N)s3)CC2)c1. The number of amides is 2. The van der Waals surface area contributed by atoms with Gasteiger partial charge in [0, 0.05) is 23.2 Å². The number of piperidine rings is 1. The van der Waals surface area contributed by atoms with Gasteiger partial charge in [-0.15, -0.1) is 22.0 Å². The Morgan fingerprint density at radius 3 is 2.80 bits per heavy atom. The Morgan fingerprint density at radius 1 is 1.40 bits per heavy atom. The number of nitrogens with one attached hydrogen (secondary N) is 1. The highest BCUT2D eigenvalue weighted by atomic mass is 32.2. The number of aromatic nitrogens is 2. The molecule has 8 heteroatoms. The molecular formula is C17H23N5OS2. The highest BCUT2D eigenvalue weighted by Gasteiger charge is 2.25. The van der Waals surface area contributed by atoms with Crippen molar-refractivity contribution in [2.45, 2.75) is 42.9 Å². The Bertz CT molecular complexity index is 727. The molecule has 0 radical (unpaired) electrons. The number of urea groups is 1. The van der Waals surface area contributed by atoms with Crippen LogP contribution in [0.5, 0.6) is 0 Å². The van der Waals surface area contributed by atoms with E-state index in [0.717, 1.165) is 30.9 Å². The first-order chi connectivity index (χ1) is 12.0. The Hall–Kier alpha value is -1.80. The van der Waals surface area contributed by atoms with Crippen LogP contribution in [0.1, 0.15) is 36.4 Å². The van der Waals surface area contributed by atoms with Gasteiger partial charge in [0.05, 0.1) is 6.04 Å². The van der Waals surface area contributed by atoms with Crippen molar-refractivity contribution in [1.82, 2.24) is 20.4 Å². The number of hydrogen-bond acceptors (Lipinski definition) is 6. The summed E-state index contributed by atoms with van der Waals surface area (Å²) in [5, 5.41) is 12.5. The molecule has 0 saturated carbocycles. The molecule has 134 valence electrons. The van der Waals surface area contributed by atoms with E-state index in [0.29, 0.717) is 10.4 Å². The minimum atomic E-state index is -0.179. The molecule has 1 atom stereocenters. The van der Waals surface area contributed by atoms with Gasteiger partial charge in [-0.05, 0) is 38.8 Å². The van der Waals surface area contributed by atoms with Crippen LogP contribution in [-0.4, -0.2) is 39.5 Å². The number of nitrogen functional groups attached to an aromatic ring is 1.